The zero-order chi connectivity index (χ0) is 10.4. The van der Waals surface area contributed by atoms with Gasteiger partial charge in [-0.25, -0.2) is 0 Å². The van der Waals surface area contributed by atoms with Crippen LogP contribution in [0.1, 0.15) is 39.5 Å². The Bertz CT molecular complexity index is 142. The smallest absolute Gasteiger partial charge is 0.0594 e. The van der Waals surface area contributed by atoms with Crippen molar-refractivity contribution >= 4 is 0 Å². The summed E-state index contributed by atoms with van der Waals surface area (Å²) in [6.45, 7) is 5.82. The van der Waals surface area contributed by atoms with Crippen LogP contribution < -0.4 is 5.32 Å². The van der Waals surface area contributed by atoms with Crippen LogP contribution in [0, 0.1) is 0 Å². The lowest BCUT2D eigenvalue weighted by Crippen LogP contribution is -2.36. The van der Waals surface area contributed by atoms with Gasteiger partial charge in [-0.3, -0.25) is 0 Å². The van der Waals surface area contributed by atoms with Crippen molar-refractivity contribution in [2.75, 3.05) is 13.2 Å². The van der Waals surface area contributed by atoms with Gasteiger partial charge in [-0.15, -0.1) is 0 Å². The number of aliphatic hydroxyl groups is 1. The first-order valence-electron chi connectivity index (χ1n) is 5.71. The number of aliphatic hydroxyl groups excluding tert-OH is 1. The van der Waals surface area contributed by atoms with E-state index in [0.717, 1.165) is 38.8 Å². The van der Waals surface area contributed by atoms with Gasteiger partial charge in [0.1, 0.15) is 0 Å². The van der Waals surface area contributed by atoms with Crippen molar-refractivity contribution in [1.29, 1.82) is 0 Å². The molecule has 1 aliphatic rings. The van der Waals surface area contributed by atoms with Gasteiger partial charge in [0.15, 0.2) is 0 Å². The molecule has 0 aromatic carbocycles. The Balaban J connectivity index is 1.96. The monoisotopic (exact) mass is 201 g/mol. The molecule has 0 radical (unpaired) electrons. The molecule has 3 heteroatoms. The van der Waals surface area contributed by atoms with E-state index in [4.69, 9.17) is 4.74 Å². The van der Waals surface area contributed by atoms with Gasteiger partial charge in [0, 0.05) is 12.6 Å². The first-order valence-corrected chi connectivity index (χ1v) is 5.71. The second-order valence-electron chi connectivity index (χ2n) is 4.38. The molecule has 3 nitrogen and oxygen atoms in total. The van der Waals surface area contributed by atoms with E-state index in [2.05, 4.69) is 19.2 Å². The topological polar surface area (TPSA) is 41.5 Å². The second-order valence-corrected chi connectivity index (χ2v) is 4.38. The van der Waals surface area contributed by atoms with Gasteiger partial charge in [0.25, 0.3) is 0 Å². The van der Waals surface area contributed by atoms with E-state index in [1.807, 2.05) is 0 Å². The third kappa shape index (κ3) is 4.94. The summed E-state index contributed by atoms with van der Waals surface area (Å²) in [5.74, 6) is 0. The molecule has 0 saturated heterocycles. The highest BCUT2D eigenvalue weighted by molar-refractivity contribution is 4.76. The number of nitrogens with one attached hydrogen (secondary N) is 1. The molecule has 0 aromatic heterocycles. The zero-order valence-corrected chi connectivity index (χ0v) is 9.33. The first kappa shape index (κ1) is 12.0. The lowest BCUT2D eigenvalue weighted by molar-refractivity contribution is 0.0747. The van der Waals surface area contributed by atoms with E-state index in [9.17, 15) is 5.11 Å². The summed E-state index contributed by atoms with van der Waals surface area (Å²) < 4.78 is 5.44. The van der Waals surface area contributed by atoms with Crippen molar-refractivity contribution in [3.8, 4) is 0 Å². The van der Waals surface area contributed by atoms with Gasteiger partial charge in [-0.2, -0.15) is 0 Å². The summed E-state index contributed by atoms with van der Waals surface area (Å²) in [4.78, 5) is 0. The Morgan fingerprint density at radius 3 is 2.50 bits per heavy atom. The molecule has 14 heavy (non-hydrogen) atoms. The summed E-state index contributed by atoms with van der Waals surface area (Å²) >= 11 is 0. The molecule has 1 fully saturated rings. The SMILES string of the molecule is CC(C)OCCNC1CCC(O)CC1. The molecule has 0 heterocycles. The van der Waals surface area contributed by atoms with Crippen LogP contribution in [0.4, 0.5) is 0 Å². The second kappa shape index (κ2) is 6.38. The maximum Gasteiger partial charge on any atom is 0.0594 e. The van der Waals surface area contributed by atoms with E-state index in [1.165, 1.54) is 0 Å². The highest BCUT2D eigenvalue weighted by atomic mass is 16.5. The first-order chi connectivity index (χ1) is 6.68. The van der Waals surface area contributed by atoms with Crippen LogP contribution in [0.3, 0.4) is 0 Å². The van der Waals surface area contributed by atoms with Crippen molar-refractivity contribution < 1.29 is 9.84 Å². The van der Waals surface area contributed by atoms with E-state index >= 15 is 0 Å². The number of hydrogen-bond donors (Lipinski definition) is 2. The summed E-state index contributed by atoms with van der Waals surface area (Å²) in [6, 6.07) is 0.592. The lowest BCUT2D eigenvalue weighted by Gasteiger charge is -2.26. The summed E-state index contributed by atoms with van der Waals surface area (Å²) in [5.41, 5.74) is 0. The van der Waals surface area contributed by atoms with Crippen LogP contribution in [0.5, 0.6) is 0 Å². The van der Waals surface area contributed by atoms with E-state index in [0.29, 0.717) is 12.1 Å². The third-order valence-electron chi connectivity index (χ3n) is 2.68. The third-order valence-corrected chi connectivity index (χ3v) is 2.68. The molecule has 1 rings (SSSR count). The molecule has 1 saturated carbocycles. The molecule has 0 amide bonds. The molecule has 0 atom stereocenters. The molecule has 0 aliphatic heterocycles. The van der Waals surface area contributed by atoms with Gasteiger partial charge < -0.3 is 15.2 Å². The van der Waals surface area contributed by atoms with Crippen LogP contribution >= 0.6 is 0 Å². The van der Waals surface area contributed by atoms with Gasteiger partial charge in [0.2, 0.25) is 0 Å². The Kier molecular flexibility index (Phi) is 5.45. The standard InChI is InChI=1S/C11H23NO2/c1-9(2)14-8-7-12-10-3-5-11(13)6-4-10/h9-13H,3-8H2,1-2H3. The van der Waals surface area contributed by atoms with Crippen molar-refractivity contribution in [2.45, 2.75) is 57.8 Å². The highest BCUT2D eigenvalue weighted by Crippen LogP contribution is 2.17. The quantitative estimate of drug-likeness (QED) is 0.659. The number of hydrogen-bond acceptors (Lipinski definition) is 3. The normalized spacial score (nSPS) is 28.3. The van der Waals surface area contributed by atoms with Crippen LogP contribution in [0.25, 0.3) is 0 Å². The maximum absolute atomic E-state index is 9.32. The zero-order valence-electron chi connectivity index (χ0n) is 9.33. The molecule has 1 aliphatic carbocycles. The molecule has 2 N–H and O–H groups in total. The van der Waals surface area contributed by atoms with E-state index in [-0.39, 0.29) is 6.10 Å². The summed E-state index contributed by atoms with van der Waals surface area (Å²) in [6.07, 6.45) is 4.36. The van der Waals surface area contributed by atoms with Gasteiger partial charge in [0.05, 0.1) is 18.8 Å². The fraction of sp³-hybridized carbons (Fsp3) is 1.00. The Labute approximate surface area is 86.8 Å². The fourth-order valence-corrected chi connectivity index (χ4v) is 1.84. The average Bonchev–Trinajstić information content (AvgIpc) is 2.15. The Morgan fingerprint density at radius 2 is 1.93 bits per heavy atom. The predicted octanol–water partition coefficient (Wildman–Crippen LogP) is 1.30. The maximum atomic E-state index is 9.32. The molecular formula is C11H23NO2. The van der Waals surface area contributed by atoms with Crippen molar-refractivity contribution in [2.24, 2.45) is 0 Å². The molecule has 84 valence electrons. The van der Waals surface area contributed by atoms with Crippen LogP contribution in [0.15, 0.2) is 0 Å². The summed E-state index contributed by atoms with van der Waals surface area (Å²) in [5, 5.41) is 12.8. The van der Waals surface area contributed by atoms with Crippen molar-refractivity contribution in [1.82, 2.24) is 5.32 Å². The van der Waals surface area contributed by atoms with Gasteiger partial charge in [-0.05, 0) is 39.5 Å². The number of ether oxygens (including phenoxy) is 1. The molecule has 0 bridgehead atoms. The van der Waals surface area contributed by atoms with E-state index in [1.54, 1.807) is 0 Å². The van der Waals surface area contributed by atoms with Crippen LogP contribution in [-0.4, -0.2) is 36.5 Å². The lowest BCUT2D eigenvalue weighted by atomic mass is 9.93. The highest BCUT2D eigenvalue weighted by Gasteiger charge is 2.18. The molecule has 0 unspecified atom stereocenters. The summed E-state index contributed by atoms with van der Waals surface area (Å²) in [7, 11) is 0. The fourth-order valence-electron chi connectivity index (χ4n) is 1.84. The minimum Gasteiger partial charge on any atom is -0.393 e. The van der Waals surface area contributed by atoms with Gasteiger partial charge in [-0.1, -0.05) is 0 Å². The predicted molar refractivity (Wildman–Crippen MR) is 57.4 cm³/mol. The number of rotatable bonds is 5. The molecule has 0 aromatic rings. The Hall–Kier alpha value is -0.120. The minimum atomic E-state index is -0.0556. The molecule has 0 spiro atoms. The van der Waals surface area contributed by atoms with Crippen LogP contribution in [0.2, 0.25) is 0 Å². The van der Waals surface area contributed by atoms with Crippen LogP contribution in [-0.2, 0) is 4.74 Å². The average molecular weight is 201 g/mol. The van der Waals surface area contributed by atoms with E-state index < -0.39 is 0 Å². The minimum absolute atomic E-state index is 0.0556. The molecular weight excluding hydrogens is 178 g/mol. The van der Waals surface area contributed by atoms with Crippen molar-refractivity contribution in [3.05, 3.63) is 0 Å². The largest absolute Gasteiger partial charge is 0.393 e. The van der Waals surface area contributed by atoms with Crippen molar-refractivity contribution in [3.63, 3.8) is 0 Å². The van der Waals surface area contributed by atoms with Gasteiger partial charge >= 0.3 is 0 Å². The Morgan fingerprint density at radius 1 is 1.29 bits per heavy atom.